The van der Waals surface area contributed by atoms with Crippen LogP contribution in [0, 0.1) is 28.9 Å². The molecule has 180 valence electrons. The van der Waals surface area contributed by atoms with E-state index in [4.69, 9.17) is 10.5 Å². The summed E-state index contributed by atoms with van der Waals surface area (Å²) in [7, 11) is 1.24. The first-order valence-corrected chi connectivity index (χ1v) is 10.8. The molecular formula is C23H21N5O7. The predicted octanol–water partition coefficient (Wildman–Crippen LogP) is 0.712. The highest BCUT2D eigenvalue weighted by molar-refractivity contribution is 6.26. The molecule has 12 nitrogen and oxygen atoms in total. The SMILES string of the molecule is COc1cc(N2C(=O)[C@@H]3[C@H](CC(N)=O)N[C@@]4(C(=O)Nc5ccccc54)[C@H]3C2=O)c(C)cc1[N+](=O)[O-]. The van der Waals surface area contributed by atoms with Crippen LogP contribution in [0.15, 0.2) is 36.4 Å². The number of nitro groups is 1. The number of rotatable bonds is 5. The lowest BCUT2D eigenvalue weighted by molar-refractivity contribution is -0.385. The number of primary amides is 1. The number of amides is 4. The number of carbonyl (C=O) groups is 4. The molecule has 0 aliphatic carbocycles. The number of para-hydroxylation sites is 1. The summed E-state index contributed by atoms with van der Waals surface area (Å²) in [6.07, 6.45) is -0.270. The summed E-state index contributed by atoms with van der Waals surface area (Å²) in [5.74, 6) is -4.86. The van der Waals surface area contributed by atoms with E-state index in [1.54, 1.807) is 24.3 Å². The third kappa shape index (κ3) is 2.96. The summed E-state index contributed by atoms with van der Waals surface area (Å²) in [5.41, 5.74) is 4.93. The second-order valence-electron chi connectivity index (χ2n) is 8.81. The van der Waals surface area contributed by atoms with Crippen LogP contribution in [-0.2, 0) is 24.7 Å². The number of hydrogen-bond acceptors (Lipinski definition) is 8. The largest absolute Gasteiger partial charge is 0.490 e. The molecule has 0 unspecified atom stereocenters. The van der Waals surface area contributed by atoms with Gasteiger partial charge in [-0.3, -0.25) is 34.6 Å². The molecule has 0 bridgehead atoms. The summed E-state index contributed by atoms with van der Waals surface area (Å²) < 4.78 is 5.13. The summed E-state index contributed by atoms with van der Waals surface area (Å²) in [6.45, 7) is 1.53. The lowest BCUT2D eigenvalue weighted by Gasteiger charge is -2.29. The van der Waals surface area contributed by atoms with Crippen LogP contribution in [0.25, 0.3) is 0 Å². The number of nitrogens with two attached hydrogens (primary N) is 1. The third-order valence-electron chi connectivity index (χ3n) is 6.98. The van der Waals surface area contributed by atoms with Gasteiger partial charge in [-0.25, -0.2) is 4.90 Å². The Morgan fingerprint density at radius 1 is 1.23 bits per heavy atom. The van der Waals surface area contributed by atoms with E-state index < -0.39 is 52.0 Å². The number of ether oxygens (including phenoxy) is 1. The number of methoxy groups -OCH3 is 1. The Kier molecular flexibility index (Phi) is 4.88. The Hall–Kier alpha value is -4.32. The first kappa shape index (κ1) is 22.5. The van der Waals surface area contributed by atoms with E-state index in [9.17, 15) is 29.3 Å². The highest BCUT2D eigenvalue weighted by Gasteiger charge is 2.70. The molecule has 3 aliphatic rings. The fourth-order valence-corrected chi connectivity index (χ4v) is 5.60. The van der Waals surface area contributed by atoms with Gasteiger partial charge in [0.05, 0.1) is 29.6 Å². The van der Waals surface area contributed by atoms with E-state index in [-0.39, 0.29) is 23.5 Å². The summed E-state index contributed by atoms with van der Waals surface area (Å²) in [5, 5.41) is 17.3. The predicted molar refractivity (Wildman–Crippen MR) is 121 cm³/mol. The van der Waals surface area contributed by atoms with Gasteiger partial charge in [0.2, 0.25) is 23.6 Å². The molecule has 1 spiro atoms. The molecule has 2 fully saturated rings. The van der Waals surface area contributed by atoms with Gasteiger partial charge in [-0.1, -0.05) is 18.2 Å². The van der Waals surface area contributed by atoms with Gasteiger partial charge in [0, 0.05) is 35.8 Å². The molecular weight excluding hydrogens is 458 g/mol. The Balaban J connectivity index is 1.68. The monoisotopic (exact) mass is 479 g/mol. The van der Waals surface area contributed by atoms with E-state index >= 15 is 0 Å². The maximum Gasteiger partial charge on any atom is 0.311 e. The Morgan fingerprint density at radius 3 is 2.60 bits per heavy atom. The third-order valence-corrected chi connectivity index (χ3v) is 6.98. The fraction of sp³-hybridized carbons (Fsp3) is 0.304. The zero-order valence-electron chi connectivity index (χ0n) is 18.7. The average Bonchev–Trinajstić information content (AvgIpc) is 3.38. The lowest BCUT2D eigenvalue weighted by atomic mass is 9.76. The van der Waals surface area contributed by atoms with Crippen molar-refractivity contribution in [1.29, 1.82) is 0 Å². The van der Waals surface area contributed by atoms with E-state index in [0.717, 1.165) is 4.90 Å². The maximum atomic E-state index is 13.9. The van der Waals surface area contributed by atoms with Crippen molar-refractivity contribution in [3.05, 3.63) is 57.6 Å². The van der Waals surface area contributed by atoms with Gasteiger partial charge >= 0.3 is 5.69 Å². The number of nitrogens with zero attached hydrogens (tertiary/aromatic N) is 2. The van der Waals surface area contributed by atoms with Crippen LogP contribution in [0.3, 0.4) is 0 Å². The van der Waals surface area contributed by atoms with Gasteiger partial charge in [0.25, 0.3) is 0 Å². The van der Waals surface area contributed by atoms with E-state index in [1.807, 2.05) is 0 Å². The van der Waals surface area contributed by atoms with Gasteiger partial charge in [0.1, 0.15) is 5.54 Å². The number of carbonyl (C=O) groups excluding carboxylic acids is 4. The van der Waals surface area contributed by atoms with Crippen molar-refractivity contribution < 1.29 is 28.8 Å². The maximum absolute atomic E-state index is 13.9. The molecule has 4 atom stereocenters. The van der Waals surface area contributed by atoms with Crippen LogP contribution in [0.2, 0.25) is 0 Å². The molecule has 0 radical (unpaired) electrons. The van der Waals surface area contributed by atoms with Crippen molar-refractivity contribution in [2.45, 2.75) is 24.9 Å². The van der Waals surface area contributed by atoms with Crippen molar-refractivity contribution in [2.75, 3.05) is 17.3 Å². The Bertz CT molecular complexity index is 1340. The van der Waals surface area contributed by atoms with Crippen molar-refractivity contribution in [3.63, 3.8) is 0 Å². The summed E-state index contributed by atoms with van der Waals surface area (Å²) in [4.78, 5) is 64.5. The van der Waals surface area contributed by atoms with E-state index in [1.165, 1.54) is 26.2 Å². The number of fused-ring (bicyclic) bond motifs is 4. The standard InChI is InChI=1S/C23H21N5O7/c1-10-7-15(28(33)34)16(35-2)9-14(10)27-20(30)18-13(8-17(24)29)26-23(19(18)21(27)31)11-5-3-4-6-12(11)25-22(23)32/h3-7,9,13,18-19,26H,8H2,1-2H3,(H2,24,29)(H,25,32)/t13-,18+,19+,23+/m0/s1. The minimum Gasteiger partial charge on any atom is -0.490 e. The number of nitro benzene ring substituents is 1. The van der Waals surface area contributed by atoms with Crippen LogP contribution >= 0.6 is 0 Å². The first-order chi connectivity index (χ1) is 16.6. The zero-order valence-corrected chi connectivity index (χ0v) is 18.7. The van der Waals surface area contributed by atoms with Gasteiger partial charge in [-0.2, -0.15) is 0 Å². The molecule has 3 aliphatic heterocycles. The van der Waals surface area contributed by atoms with Crippen molar-refractivity contribution in [2.24, 2.45) is 17.6 Å². The van der Waals surface area contributed by atoms with Gasteiger partial charge < -0.3 is 15.8 Å². The lowest BCUT2D eigenvalue weighted by Crippen LogP contribution is -2.53. The number of anilines is 2. The highest BCUT2D eigenvalue weighted by Crippen LogP contribution is 2.54. The van der Waals surface area contributed by atoms with Crippen LogP contribution in [-0.4, -0.2) is 41.7 Å². The first-order valence-electron chi connectivity index (χ1n) is 10.8. The van der Waals surface area contributed by atoms with Gasteiger partial charge in [0.15, 0.2) is 5.75 Å². The minimum absolute atomic E-state index is 0.108. The molecule has 3 heterocycles. The minimum atomic E-state index is -1.58. The normalized spacial score (nSPS) is 26.6. The summed E-state index contributed by atoms with van der Waals surface area (Å²) >= 11 is 0. The van der Waals surface area contributed by atoms with Crippen LogP contribution in [0.1, 0.15) is 17.5 Å². The molecule has 2 aromatic rings. The Labute approximate surface area is 198 Å². The van der Waals surface area contributed by atoms with Crippen molar-refractivity contribution in [3.8, 4) is 5.75 Å². The second kappa shape index (κ2) is 7.60. The zero-order chi connectivity index (χ0) is 25.2. The Morgan fingerprint density at radius 2 is 1.94 bits per heavy atom. The number of benzene rings is 2. The van der Waals surface area contributed by atoms with Crippen LogP contribution < -0.4 is 26.0 Å². The molecule has 35 heavy (non-hydrogen) atoms. The van der Waals surface area contributed by atoms with Crippen LogP contribution in [0.5, 0.6) is 5.75 Å². The molecule has 0 aromatic heterocycles. The number of aryl methyl sites for hydroxylation is 1. The molecule has 5 rings (SSSR count). The summed E-state index contributed by atoms with van der Waals surface area (Å²) in [6, 6.07) is 8.41. The van der Waals surface area contributed by atoms with Crippen LogP contribution in [0.4, 0.5) is 17.1 Å². The highest BCUT2D eigenvalue weighted by atomic mass is 16.6. The molecule has 12 heteroatoms. The second-order valence-corrected chi connectivity index (χ2v) is 8.81. The topological polar surface area (TPSA) is 174 Å². The molecule has 2 saturated heterocycles. The quantitative estimate of drug-likeness (QED) is 0.319. The molecule has 4 N–H and O–H groups in total. The molecule has 4 amide bonds. The fourth-order valence-electron chi connectivity index (χ4n) is 5.60. The number of imide groups is 1. The smallest absolute Gasteiger partial charge is 0.311 e. The van der Waals surface area contributed by atoms with E-state index in [2.05, 4.69) is 10.6 Å². The van der Waals surface area contributed by atoms with Crippen molar-refractivity contribution >= 4 is 40.7 Å². The number of hydrogen-bond donors (Lipinski definition) is 3. The average molecular weight is 479 g/mol. The van der Waals surface area contributed by atoms with Gasteiger partial charge in [-0.05, 0) is 18.6 Å². The van der Waals surface area contributed by atoms with Crippen molar-refractivity contribution in [1.82, 2.24) is 5.32 Å². The molecule has 2 aromatic carbocycles. The number of nitrogens with one attached hydrogen (secondary N) is 2. The van der Waals surface area contributed by atoms with E-state index in [0.29, 0.717) is 16.8 Å². The molecule has 0 saturated carbocycles. The van der Waals surface area contributed by atoms with Gasteiger partial charge in [-0.15, -0.1) is 0 Å².